The molecule has 1 unspecified atom stereocenters. The largest absolute Gasteiger partial charge is 0.497 e. The van der Waals surface area contributed by atoms with Crippen molar-refractivity contribution in [3.05, 3.63) is 53.6 Å². The Labute approximate surface area is 120 Å². The average molecular weight is 271 g/mol. The highest BCUT2D eigenvalue weighted by atomic mass is 16.5. The van der Waals surface area contributed by atoms with Crippen LogP contribution in [-0.2, 0) is 6.42 Å². The fraction of sp³-hybridized carbons (Fsp3) is 0.375. The van der Waals surface area contributed by atoms with Gasteiger partial charge in [0, 0.05) is 12.4 Å². The molecule has 0 amide bonds. The maximum atomic E-state index is 5.27. The summed E-state index contributed by atoms with van der Waals surface area (Å²) < 4.78 is 5.27. The molecule has 0 saturated heterocycles. The van der Waals surface area contributed by atoms with Crippen LogP contribution in [0.1, 0.15) is 29.9 Å². The summed E-state index contributed by atoms with van der Waals surface area (Å²) in [5.41, 5.74) is 2.28. The molecule has 0 radical (unpaired) electrons. The molecule has 1 aromatic carbocycles. The number of hydrogen-bond acceptors (Lipinski definition) is 4. The number of hydrogen-bond donors (Lipinski definition) is 1. The van der Waals surface area contributed by atoms with Gasteiger partial charge in [-0.05, 0) is 43.1 Å². The summed E-state index contributed by atoms with van der Waals surface area (Å²) in [6.07, 6.45) is 4.56. The van der Waals surface area contributed by atoms with Crippen molar-refractivity contribution in [3.63, 3.8) is 0 Å². The van der Waals surface area contributed by atoms with E-state index in [2.05, 4.69) is 34.3 Å². The van der Waals surface area contributed by atoms with Crippen molar-refractivity contribution in [3.8, 4) is 5.75 Å². The molecule has 1 aromatic heterocycles. The summed E-state index contributed by atoms with van der Waals surface area (Å²) in [5, 5.41) is 3.44. The van der Waals surface area contributed by atoms with Gasteiger partial charge >= 0.3 is 0 Å². The van der Waals surface area contributed by atoms with Crippen LogP contribution in [0.5, 0.6) is 5.75 Å². The van der Waals surface area contributed by atoms with Crippen LogP contribution in [0.2, 0.25) is 0 Å². The standard InChI is InChI=1S/C16H21N3O/c1-4-17-15(16-18-10-12(2)11-19-16)9-13-6-5-7-14(8-13)20-3/h5-8,10-11,15,17H,4,9H2,1-3H3. The van der Waals surface area contributed by atoms with Crippen molar-refractivity contribution in [1.29, 1.82) is 0 Å². The molecule has 2 aromatic rings. The number of methoxy groups -OCH3 is 1. The zero-order chi connectivity index (χ0) is 14.4. The minimum Gasteiger partial charge on any atom is -0.497 e. The van der Waals surface area contributed by atoms with E-state index in [0.717, 1.165) is 30.1 Å². The normalized spacial score (nSPS) is 12.2. The number of nitrogens with zero attached hydrogens (tertiary/aromatic N) is 2. The molecule has 1 N–H and O–H groups in total. The van der Waals surface area contributed by atoms with E-state index in [4.69, 9.17) is 4.74 Å². The topological polar surface area (TPSA) is 47.0 Å². The van der Waals surface area contributed by atoms with E-state index in [9.17, 15) is 0 Å². The number of ether oxygens (including phenoxy) is 1. The Bertz CT molecular complexity index is 540. The molecule has 2 rings (SSSR count). The first kappa shape index (κ1) is 14.5. The number of aryl methyl sites for hydroxylation is 1. The summed E-state index contributed by atoms with van der Waals surface area (Å²) >= 11 is 0. The smallest absolute Gasteiger partial charge is 0.145 e. The van der Waals surface area contributed by atoms with Gasteiger partial charge in [0.2, 0.25) is 0 Å². The van der Waals surface area contributed by atoms with Crippen molar-refractivity contribution >= 4 is 0 Å². The lowest BCUT2D eigenvalue weighted by atomic mass is 10.0. The van der Waals surface area contributed by atoms with Crippen LogP contribution in [0.3, 0.4) is 0 Å². The van der Waals surface area contributed by atoms with Crippen LogP contribution < -0.4 is 10.1 Å². The number of likely N-dealkylation sites (N-methyl/N-ethyl adjacent to an activating group) is 1. The van der Waals surface area contributed by atoms with Gasteiger partial charge in [-0.25, -0.2) is 9.97 Å². The van der Waals surface area contributed by atoms with E-state index in [1.54, 1.807) is 7.11 Å². The van der Waals surface area contributed by atoms with Crippen molar-refractivity contribution in [1.82, 2.24) is 15.3 Å². The quantitative estimate of drug-likeness (QED) is 0.877. The van der Waals surface area contributed by atoms with Gasteiger partial charge < -0.3 is 10.1 Å². The first-order valence-electron chi connectivity index (χ1n) is 6.87. The monoisotopic (exact) mass is 271 g/mol. The van der Waals surface area contributed by atoms with Crippen molar-refractivity contribution in [2.24, 2.45) is 0 Å². The Hall–Kier alpha value is -1.94. The van der Waals surface area contributed by atoms with E-state index in [0.29, 0.717) is 0 Å². The van der Waals surface area contributed by atoms with Gasteiger partial charge in [0.05, 0.1) is 13.2 Å². The van der Waals surface area contributed by atoms with Crippen LogP contribution in [0.4, 0.5) is 0 Å². The van der Waals surface area contributed by atoms with Crippen LogP contribution in [-0.4, -0.2) is 23.6 Å². The third-order valence-corrected chi connectivity index (χ3v) is 3.14. The highest BCUT2D eigenvalue weighted by molar-refractivity contribution is 5.29. The van der Waals surface area contributed by atoms with E-state index in [1.807, 2.05) is 31.5 Å². The van der Waals surface area contributed by atoms with Crippen molar-refractivity contribution in [2.45, 2.75) is 26.3 Å². The maximum Gasteiger partial charge on any atom is 0.145 e. The second-order valence-electron chi connectivity index (χ2n) is 4.78. The third kappa shape index (κ3) is 3.78. The minimum atomic E-state index is 0.118. The Balaban J connectivity index is 2.18. The van der Waals surface area contributed by atoms with Gasteiger partial charge in [-0.3, -0.25) is 0 Å². The molecule has 0 aliphatic carbocycles. The van der Waals surface area contributed by atoms with Gasteiger partial charge in [0.25, 0.3) is 0 Å². The predicted octanol–water partition coefficient (Wildman–Crippen LogP) is 2.69. The van der Waals surface area contributed by atoms with Gasteiger partial charge in [0.15, 0.2) is 0 Å². The molecule has 0 saturated carbocycles. The summed E-state index contributed by atoms with van der Waals surface area (Å²) in [6.45, 7) is 4.97. The Kier molecular flexibility index (Phi) is 5.07. The average Bonchev–Trinajstić information content (AvgIpc) is 2.48. The van der Waals surface area contributed by atoms with Crippen molar-refractivity contribution < 1.29 is 4.74 Å². The first-order chi connectivity index (χ1) is 9.72. The second kappa shape index (κ2) is 7.01. The Morgan fingerprint density at radius 1 is 1.25 bits per heavy atom. The maximum absolute atomic E-state index is 5.27. The summed E-state index contributed by atoms with van der Waals surface area (Å²) in [7, 11) is 1.68. The van der Waals surface area contributed by atoms with E-state index >= 15 is 0 Å². The van der Waals surface area contributed by atoms with Crippen LogP contribution in [0, 0.1) is 6.92 Å². The summed E-state index contributed by atoms with van der Waals surface area (Å²) in [6, 6.07) is 8.23. The third-order valence-electron chi connectivity index (χ3n) is 3.14. The number of rotatable bonds is 6. The highest BCUT2D eigenvalue weighted by Crippen LogP contribution is 2.19. The molecule has 1 heterocycles. The minimum absolute atomic E-state index is 0.118. The van der Waals surface area contributed by atoms with Gasteiger partial charge in [-0.15, -0.1) is 0 Å². The highest BCUT2D eigenvalue weighted by Gasteiger charge is 2.14. The van der Waals surface area contributed by atoms with Gasteiger partial charge in [0.1, 0.15) is 11.6 Å². The lowest BCUT2D eigenvalue weighted by Crippen LogP contribution is -2.25. The van der Waals surface area contributed by atoms with E-state index in [-0.39, 0.29) is 6.04 Å². The SMILES string of the molecule is CCNC(Cc1cccc(OC)c1)c1ncc(C)cn1. The number of nitrogens with one attached hydrogen (secondary N) is 1. The molecular formula is C16H21N3O. The van der Waals surface area contributed by atoms with Crippen molar-refractivity contribution in [2.75, 3.05) is 13.7 Å². The Morgan fingerprint density at radius 3 is 2.65 bits per heavy atom. The van der Waals surface area contributed by atoms with Gasteiger partial charge in [-0.2, -0.15) is 0 Å². The Morgan fingerprint density at radius 2 is 2.00 bits per heavy atom. The van der Waals surface area contributed by atoms with Crippen LogP contribution in [0.25, 0.3) is 0 Å². The van der Waals surface area contributed by atoms with E-state index < -0.39 is 0 Å². The molecular weight excluding hydrogens is 250 g/mol. The van der Waals surface area contributed by atoms with Crippen LogP contribution >= 0.6 is 0 Å². The molecule has 1 atom stereocenters. The number of benzene rings is 1. The lowest BCUT2D eigenvalue weighted by molar-refractivity contribution is 0.413. The molecule has 0 bridgehead atoms. The zero-order valence-electron chi connectivity index (χ0n) is 12.3. The zero-order valence-corrected chi connectivity index (χ0v) is 12.3. The predicted molar refractivity (Wildman–Crippen MR) is 79.9 cm³/mol. The molecule has 4 heteroatoms. The van der Waals surface area contributed by atoms with Crippen LogP contribution in [0.15, 0.2) is 36.7 Å². The molecule has 0 aliphatic rings. The molecule has 4 nitrogen and oxygen atoms in total. The lowest BCUT2D eigenvalue weighted by Gasteiger charge is -2.17. The first-order valence-corrected chi connectivity index (χ1v) is 6.87. The molecule has 0 fully saturated rings. The second-order valence-corrected chi connectivity index (χ2v) is 4.78. The molecule has 0 aliphatic heterocycles. The summed E-state index contributed by atoms with van der Waals surface area (Å²) in [4.78, 5) is 8.86. The summed E-state index contributed by atoms with van der Waals surface area (Å²) in [5.74, 6) is 1.71. The fourth-order valence-electron chi connectivity index (χ4n) is 2.12. The number of aromatic nitrogens is 2. The van der Waals surface area contributed by atoms with E-state index in [1.165, 1.54) is 5.56 Å². The van der Waals surface area contributed by atoms with Gasteiger partial charge in [-0.1, -0.05) is 19.1 Å². The molecule has 0 spiro atoms. The fourth-order valence-corrected chi connectivity index (χ4v) is 2.12. The molecule has 20 heavy (non-hydrogen) atoms. The molecule has 106 valence electrons.